The van der Waals surface area contributed by atoms with E-state index in [1.165, 1.54) is 0 Å². The number of nitrogens with two attached hydrogens (primary N) is 1. The van der Waals surface area contributed by atoms with Gasteiger partial charge >= 0.3 is 0 Å². The van der Waals surface area contributed by atoms with Gasteiger partial charge in [0.25, 0.3) is 0 Å². The van der Waals surface area contributed by atoms with Crippen LogP contribution in [-0.4, -0.2) is 5.11 Å². The van der Waals surface area contributed by atoms with E-state index in [4.69, 9.17) is 17.3 Å². The highest BCUT2D eigenvalue weighted by Crippen LogP contribution is 2.26. The Morgan fingerprint density at radius 1 is 1.42 bits per heavy atom. The molecule has 0 aromatic heterocycles. The van der Waals surface area contributed by atoms with E-state index in [0.29, 0.717) is 10.7 Å². The summed E-state index contributed by atoms with van der Waals surface area (Å²) in [5.74, 6) is 0. The lowest BCUT2D eigenvalue weighted by molar-refractivity contribution is 0.0786. The van der Waals surface area contributed by atoms with E-state index in [-0.39, 0.29) is 0 Å². The number of rotatable bonds is 1. The Morgan fingerprint density at radius 2 is 2.00 bits per heavy atom. The van der Waals surface area contributed by atoms with Gasteiger partial charge in [-0.15, -0.1) is 0 Å². The maximum absolute atomic E-state index is 9.61. The zero-order valence-electron chi connectivity index (χ0n) is 7.13. The number of benzene rings is 1. The molecular formula is C9H12ClNO. The molecule has 0 heterocycles. The van der Waals surface area contributed by atoms with Crippen LogP contribution in [-0.2, 0) is 5.60 Å². The van der Waals surface area contributed by atoms with Gasteiger partial charge in [-0.2, -0.15) is 0 Å². The first-order chi connectivity index (χ1) is 5.41. The van der Waals surface area contributed by atoms with Gasteiger partial charge < -0.3 is 10.8 Å². The number of anilines is 1. The van der Waals surface area contributed by atoms with Crippen LogP contribution in [0.25, 0.3) is 0 Å². The van der Waals surface area contributed by atoms with Crippen LogP contribution in [0, 0.1) is 0 Å². The Balaban J connectivity index is 3.14. The van der Waals surface area contributed by atoms with Gasteiger partial charge in [0.1, 0.15) is 0 Å². The SMILES string of the molecule is CC(C)(O)c1ccc(Cl)c(N)c1. The van der Waals surface area contributed by atoms with Gasteiger partial charge in [0, 0.05) is 0 Å². The highest BCUT2D eigenvalue weighted by Gasteiger charge is 2.16. The summed E-state index contributed by atoms with van der Waals surface area (Å²) in [4.78, 5) is 0. The topological polar surface area (TPSA) is 46.2 Å². The first-order valence-electron chi connectivity index (χ1n) is 3.69. The van der Waals surface area contributed by atoms with Crippen LogP contribution in [0.5, 0.6) is 0 Å². The second kappa shape index (κ2) is 2.96. The van der Waals surface area contributed by atoms with Crippen molar-refractivity contribution in [3.05, 3.63) is 28.8 Å². The van der Waals surface area contributed by atoms with Crippen molar-refractivity contribution in [3.63, 3.8) is 0 Å². The summed E-state index contributed by atoms with van der Waals surface area (Å²) >= 11 is 5.72. The molecule has 0 saturated heterocycles. The maximum atomic E-state index is 9.61. The van der Waals surface area contributed by atoms with Crippen LogP contribution in [0.15, 0.2) is 18.2 Å². The van der Waals surface area contributed by atoms with Gasteiger partial charge in [0.15, 0.2) is 0 Å². The lowest BCUT2D eigenvalue weighted by atomic mass is 9.98. The van der Waals surface area contributed by atoms with E-state index in [9.17, 15) is 5.11 Å². The molecule has 0 aliphatic heterocycles. The molecule has 1 rings (SSSR count). The van der Waals surface area contributed by atoms with Crippen molar-refractivity contribution >= 4 is 17.3 Å². The van der Waals surface area contributed by atoms with E-state index < -0.39 is 5.60 Å². The lowest BCUT2D eigenvalue weighted by Crippen LogP contribution is -2.15. The third-order valence-corrected chi connectivity index (χ3v) is 2.05. The molecule has 0 atom stereocenters. The molecule has 3 heteroatoms. The molecule has 0 bridgehead atoms. The zero-order chi connectivity index (χ0) is 9.35. The molecule has 12 heavy (non-hydrogen) atoms. The Morgan fingerprint density at radius 3 is 2.42 bits per heavy atom. The van der Waals surface area contributed by atoms with Gasteiger partial charge in [-0.25, -0.2) is 0 Å². The first-order valence-corrected chi connectivity index (χ1v) is 4.07. The molecule has 1 aromatic rings. The fourth-order valence-electron chi connectivity index (χ4n) is 0.924. The number of hydrogen-bond acceptors (Lipinski definition) is 2. The van der Waals surface area contributed by atoms with Gasteiger partial charge in [-0.05, 0) is 31.5 Å². The summed E-state index contributed by atoms with van der Waals surface area (Å²) in [6, 6.07) is 5.13. The molecule has 0 fully saturated rings. The summed E-state index contributed by atoms with van der Waals surface area (Å²) in [6.07, 6.45) is 0. The number of halogens is 1. The molecule has 0 aliphatic carbocycles. The molecule has 2 nitrogen and oxygen atoms in total. The molecular weight excluding hydrogens is 174 g/mol. The van der Waals surface area contributed by atoms with Crippen molar-refractivity contribution in [2.45, 2.75) is 19.4 Å². The van der Waals surface area contributed by atoms with Crippen molar-refractivity contribution in [1.82, 2.24) is 0 Å². The van der Waals surface area contributed by atoms with Crippen molar-refractivity contribution in [2.24, 2.45) is 0 Å². The average Bonchev–Trinajstić information content (AvgIpc) is 1.92. The smallest absolute Gasteiger partial charge is 0.0841 e. The monoisotopic (exact) mass is 185 g/mol. The normalized spacial score (nSPS) is 11.7. The van der Waals surface area contributed by atoms with Gasteiger partial charge in [0.2, 0.25) is 0 Å². The second-order valence-corrected chi connectivity index (χ2v) is 3.70. The average molecular weight is 186 g/mol. The Bertz CT molecular complexity index is 291. The molecule has 0 amide bonds. The van der Waals surface area contributed by atoms with E-state index in [0.717, 1.165) is 5.56 Å². The third-order valence-electron chi connectivity index (χ3n) is 1.70. The second-order valence-electron chi connectivity index (χ2n) is 3.30. The standard InChI is InChI=1S/C9H12ClNO/c1-9(2,12)6-3-4-7(10)8(11)5-6/h3-5,12H,11H2,1-2H3. The lowest BCUT2D eigenvalue weighted by Gasteiger charge is -2.18. The summed E-state index contributed by atoms with van der Waals surface area (Å²) in [7, 11) is 0. The molecule has 0 radical (unpaired) electrons. The minimum atomic E-state index is -0.862. The fourth-order valence-corrected chi connectivity index (χ4v) is 1.04. The Labute approximate surface area is 77.0 Å². The van der Waals surface area contributed by atoms with E-state index in [1.807, 2.05) is 0 Å². The van der Waals surface area contributed by atoms with Gasteiger partial charge in [-0.3, -0.25) is 0 Å². The van der Waals surface area contributed by atoms with Crippen molar-refractivity contribution in [1.29, 1.82) is 0 Å². The van der Waals surface area contributed by atoms with Crippen molar-refractivity contribution in [2.75, 3.05) is 5.73 Å². The number of aliphatic hydroxyl groups is 1. The third kappa shape index (κ3) is 1.90. The summed E-state index contributed by atoms with van der Waals surface area (Å²) in [5, 5.41) is 10.1. The van der Waals surface area contributed by atoms with Gasteiger partial charge in [0.05, 0.1) is 16.3 Å². The quantitative estimate of drug-likeness (QED) is 0.659. The molecule has 3 N–H and O–H groups in total. The molecule has 0 spiro atoms. The molecule has 0 saturated carbocycles. The van der Waals surface area contributed by atoms with Crippen molar-refractivity contribution in [3.8, 4) is 0 Å². The summed E-state index contributed by atoms with van der Waals surface area (Å²) in [6.45, 7) is 3.41. The minimum Gasteiger partial charge on any atom is -0.398 e. The van der Waals surface area contributed by atoms with Crippen LogP contribution >= 0.6 is 11.6 Å². The molecule has 1 aromatic carbocycles. The van der Waals surface area contributed by atoms with Crippen LogP contribution in [0.1, 0.15) is 19.4 Å². The zero-order valence-corrected chi connectivity index (χ0v) is 7.89. The van der Waals surface area contributed by atoms with Crippen molar-refractivity contribution < 1.29 is 5.11 Å². The maximum Gasteiger partial charge on any atom is 0.0841 e. The highest BCUT2D eigenvalue weighted by molar-refractivity contribution is 6.33. The highest BCUT2D eigenvalue weighted by atomic mass is 35.5. The number of nitrogen functional groups attached to an aromatic ring is 1. The van der Waals surface area contributed by atoms with E-state index >= 15 is 0 Å². The molecule has 0 aliphatic rings. The number of hydrogen-bond donors (Lipinski definition) is 2. The first kappa shape index (κ1) is 9.36. The van der Waals surface area contributed by atoms with Gasteiger partial charge in [-0.1, -0.05) is 17.7 Å². The Kier molecular flexibility index (Phi) is 2.31. The molecule has 66 valence electrons. The van der Waals surface area contributed by atoms with E-state index in [1.54, 1.807) is 32.0 Å². The van der Waals surface area contributed by atoms with Crippen LogP contribution < -0.4 is 5.73 Å². The van der Waals surface area contributed by atoms with Crippen LogP contribution in [0.4, 0.5) is 5.69 Å². The Hall–Kier alpha value is -0.730. The minimum absolute atomic E-state index is 0.497. The fraction of sp³-hybridized carbons (Fsp3) is 0.333. The molecule has 0 unspecified atom stereocenters. The predicted octanol–water partition coefficient (Wildman–Crippen LogP) is 2.15. The van der Waals surface area contributed by atoms with Crippen LogP contribution in [0.2, 0.25) is 5.02 Å². The largest absolute Gasteiger partial charge is 0.398 e. The van der Waals surface area contributed by atoms with Crippen LogP contribution in [0.3, 0.4) is 0 Å². The predicted molar refractivity (Wildman–Crippen MR) is 51.1 cm³/mol. The van der Waals surface area contributed by atoms with E-state index in [2.05, 4.69) is 0 Å². The summed E-state index contributed by atoms with van der Waals surface area (Å²) in [5.41, 5.74) is 5.98. The summed E-state index contributed by atoms with van der Waals surface area (Å²) < 4.78 is 0.